The Labute approximate surface area is 158 Å². The molecule has 0 aliphatic carbocycles. The molecule has 0 bridgehead atoms. The molecule has 0 aliphatic rings. The van der Waals surface area contributed by atoms with Gasteiger partial charge in [-0.2, -0.15) is 0 Å². The zero-order valence-electron chi connectivity index (χ0n) is 14.2. The van der Waals surface area contributed by atoms with Crippen LogP contribution in [0.25, 0.3) is 11.6 Å². The average Bonchev–Trinajstić information content (AvgIpc) is 3.32. The van der Waals surface area contributed by atoms with Crippen LogP contribution in [0.1, 0.15) is 15.4 Å². The summed E-state index contributed by atoms with van der Waals surface area (Å²) in [4.78, 5) is 16.6. The van der Waals surface area contributed by atoms with Gasteiger partial charge in [0.15, 0.2) is 0 Å². The molecule has 0 fully saturated rings. The Balaban J connectivity index is 1.42. The lowest BCUT2D eigenvalue weighted by Crippen LogP contribution is -2.11. The van der Waals surface area contributed by atoms with Crippen molar-refractivity contribution in [1.82, 2.24) is 15.2 Å². The molecule has 1 amide bonds. The van der Waals surface area contributed by atoms with E-state index >= 15 is 0 Å². The third-order valence-corrected chi connectivity index (χ3v) is 4.35. The van der Waals surface area contributed by atoms with Crippen molar-refractivity contribution in [1.29, 1.82) is 0 Å². The average molecular weight is 378 g/mol. The second-order valence-electron chi connectivity index (χ2n) is 5.56. The van der Waals surface area contributed by atoms with Crippen molar-refractivity contribution in [2.45, 2.75) is 6.92 Å². The number of ether oxygens (including phenoxy) is 1. The van der Waals surface area contributed by atoms with E-state index in [1.165, 1.54) is 11.3 Å². The minimum absolute atomic E-state index is 0.0188. The summed E-state index contributed by atoms with van der Waals surface area (Å²) in [6, 6.07) is 16.2. The van der Waals surface area contributed by atoms with Gasteiger partial charge in [-0.3, -0.25) is 10.1 Å². The fourth-order valence-corrected chi connectivity index (χ4v) is 2.89. The van der Waals surface area contributed by atoms with Crippen LogP contribution in [-0.2, 0) is 0 Å². The highest BCUT2D eigenvalue weighted by atomic mass is 32.1. The first-order valence-electron chi connectivity index (χ1n) is 8.08. The summed E-state index contributed by atoms with van der Waals surface area (Å²) in [6.07, 6.45) is 0. The first kappa shape index (κ1) is 16.9. The largest absolute Gasteiger partial charge is 0.457 e. The van der Waals surface area contributed by atoms with Crippen molar-refractivity contribution in [3.05, 3.63) is 70.5 Å². The molecule has 0 spiro atoms. The number of para-hydroxylation sites is 1. The molecule has 2 aromatic heterocycles. The Bertz CT molecular complexity index is 1060. The van der Waals surface area contributed by atoms with Gasteiger partial charge in [0.25, 0.3) is 11.8 Å². The zero-order chi connectivity index (χ0) is 18.6. The number of rotatable bonds is 5. The van der Waals surface area contributed by atoms with Gasteiger partial charge in [-0.15, -0.1) is 16.4 Å². The molecule has 0 saturated carbocycles. The molecule has 0 aliphatic heterocycles. The fraction of sp³-hybridized carbons (Fsp3) is 0.0526. The molecule has 7 nitrogen and oxygen atoms in total. The Morgan fingerprint density at radius 3 is 2.48 bits per heavy atom. The van der Waals surface area contributed by atoms with Crippen LogP contribution in [0.3, 0.4) is 0 Å². The standard InChI is InChI=1S/C19H14N4O3S/c1-12-20-16(11-27-12)18-22-23-19(26-18)21-17(24)13-7-9-15(10-8-13)25-14-5-3-2-4-6-14/h2-11H,1H3,(H,21,23,24). The van der Waals surface area contributed by atoms with Gasteiger partial charge in [0.05, 0.1) is 5.01 Å². The number of carbonyl (C=O) groups is 1. The lowest BCUT2D eigenvalue weighted by Gasteiger charge is -2.06. The SMILES string of the molecule is Cc1nc(-c2nnc(NC(=O)c3ccc(Oc4ccccc4)cc3)o2)cs1. The summed E-state index contributed by atoms with van der Waals surface area (Å²) >= 11 is 1.48. The molecule has 0 atom stereocenters. The number of amides is 1. The third kappa shape index (κ3) is 4.01. The number of hydrogen-bond acceptors (Lipinski definition) is 7. The number of nitrogens with zero attached hydrogens (tertiary/aromatic N) is 3. The highest BCUT2D eigenvalue weighted by Gasteiger charge is 2.14. The van der Waals surface area contributed by atoms with E-state index < -0.39 is 0 Å². The van der Waals surface area contributed by atoms with Gasteiger partial charge in [-0.1, -0.05) is 23.3 Å². The first-order valence-corrected chi connectivity index (χ1v) is 8.96. The maximum Gasteiger partial charge on any atom is 0.322 e. The zero-order valence-corrected chi connectivity index (χ0v) is 15.1. The minimum Gasteiger partial charge on any atom is -0.457 e. The van der Waals surface area contributed by atoms with Crippen LogP contribution >= 0.6 is 11.3 Å². The van der Waals surface area contributed by atoms with E-state index in [0.29, 0.717) is 17.0 Å². The van der Waals surface area contributed by atoms with Gasteiger partial charge in [0, 0.05) is 10.9 Å². The molecule has 2 aromatic carbocycles. The van der Waals surface area contributed by atoms with E-state index in [1.807, 2.05) is 42.6 Å². The molecule has 0 unspecified atom stereocenters. The van der Waals surface area contributed by atoms with E-state index in [9.17, 15) is 4.79 Å². The predicted molar refractivity (Wildman–Crippen MR) is 101 cm³/mol. The first-order chi connectivity index (χ1) is 13.2. The molecule has 4 aromatic rings. The van der Waals surface area contributed by atoms with E-state index in [-0.39, 0.29) is 17.8 Å². The molecule has 134 valence electrons. The number of hydrogen-bond donors (Lipinski definition) is 1. The topological polar surface area (TPSA) is 90.1 Å². The van der Waals surface area contributed by atoms with Crippen molar-refractivity contribution in [2.24, 2.45) is 0 Å². The number of anilines is 1. The number of benzene rings is 2. The Morgan fingerprint density at radius 1 is 1.04 bits per heavy atom. The summed E-state index contributed by atoms with van der Waals surface area (Å²) in [7, 11) is 0. The summed E-state index contributed by atoms with van der Waals surface area (Å²) < 4.78 is 11.2. The van der Waals surface area contributed by atoms with Gasteiger partial charge in [0.1, 0.15) is 17.2 Å². The summed E-state index contributed by atoms with van der Waals surface area (Å²) in [5.74, 6) is 1.27. The molecule has 1 N–H and O–H groups in total. The Morgan fingerprint density at radius 2 is 1.78 bits per heavy atom. The highest BCUT2D eigenvalue weighted by molar-refractivity contribution is 7.09. The smallest absolute Gasteiger partial charge is 0.322 e. The quantitative estimate of drug-likeness (QED) is 0.548. The van der Waals surface area contributed by atoms with E-state index in [4.69, 9.17) is 9.15 Å². The Kier molecular flexibility index (Phi) is 4.63. The number of carbonyl (C=O) groups excluding carboxylic acids is 1. The second kappa shape index (κ2) is 7.38. The summed E-state index contributed by atoms with van der Waals surface area (Å²) in [6.45, 7) is 1.89. The summed E-state index contributed by atoms with van der Waals surface area (Å²) in [5.41, 5.74) is 1.03. The van der Waals surface area contributed by atoms with Crippen LogP contribution in [0.5, 0.6) is 11.5 Å². The molecule has 0 radical (unpaired) electrons. The molecule has 2 heterocycles. The second-order valence-corrected chi connectivity index (χ2v) is 6.62. The summed E-state index contributed by atoms with van der Waals surface area (Å²) in [5, 5.41) is 13.0. The van der Waals surface area contributed by atoms with Crippen LogP contribution in [0, 0.1) is 6.92 Å². The lowest BCUT2D eigenvalue weighted by atomic mass is 10.2. The van der Waals surface area contributed by atoms with Crippen LogP contribution in [0.15, 0.2) is 64.4 Å². The van der Waals surface area contributed by atoms with Gasteiger partial charge >= 0.3 is 6.01 Å². The van der Waals surface area contributed by atoms with Gasteiger partial charge in [0.2, 0.25) is 0 Å². The number of thiazole rings is 1. The van der Waals surface area contributed by atoms with Gasteiger partial charge in [-0.05, 0) is 43.3 Å². The highest BCUT2D eigenvalue weighted by Crippen LogP contribution is 2.23. The van der Waals surface area contributed by atoms with Crippen LogP contribution in [-0.4, -0.2) is 21.1 Å². The van der Waals surface area contributed by atoms with E-state index in [0.717, 1.165) is 10.8 Å². The van der Waals surface area contributed by atoms with Crippen molar-refractivity contribution >= 4 is 23.3 Å². The van der Waals surface area contributed by atoms with Crippen molar-refractivity contribution in [3.63, 3.8) is 0 Å². The van der Waals surface area contributed by atoms with Crippen molar-refractivity contribution in [3.8, 4) is 23.1 Å². The van der Waals surface area contributed by atoms with Crippen molar-refractivity contribution in [2.75, 3.05) is 5.32 Å². The van der Waals surface area contributed by atoms with Gasteiger partial charge in [-0.25, -0.2) is 4.98 Å². The third-order valence-electron chi connectivity index (χ3n) is 3.58. The molecule has 8 heteroatoms. The van der Waals surface area contributed by atoms with Crippen LogP contribution < -0.4 is 10.1 Å². The van der Waals surface area contributed by atoms with Crippen molar-refractivity contribution < 1.29 is 13.9 Å². The number of aromatic nitrogens is 3. The molecule has 27 heavy (non-hydrogen) atoms. The monoisotopic (exact) mass is 378 g/mol. The fourth-order valence-electron chi connectivity index (χ4n) is 2.31. The minimum atomic E-state index is -0.356. The molecule has 0 saturated heterocycles. The normalized spacial score (nSPS) is 10.6. The maximum absolute atomic E-state index is 12.3. The van der Waals surface area contributed by atoms with E-state index in [2.05, 4.69) is 20.5 Å². The van der Waals surface area contributed by atoms with Crippen LogP contribution in [0.2, 0.25) is 0 Å². The van der Waals surface area contributed by atoms with Gasteiger partial charge < -0.3 is 9.15 Å². The lowest BCUT2D eigenvalue weighted by molar-refractivity contribution is 0.102. The number of nitrogens with one attached hydrogen (secondary N) is 1. The van der Waals surface area contributed by atoms with Crippen LogP contribution in [0.4, 0.5) is 6.01 Å². The van der Waals surface area contributed by atoms with E-state index in [1.54, 1.807) is 24.3 Å². The predicted octanol–water partition coefficient (Wildman–Crippen LogP) is 4.55. The molecule has 4 rings (SSSR count). The Hall–Kier alpha value is -3.52. The number of aryl methyl sites for hydroxylation is 1. The molecular weight excluding hydrogens is 364 g/mol. The molecular formula is C19H14N4O3S. The maximum atomic E-state index is 12.3.